The van der Waals surface area contributed by atoms with E-state index in [9.17, 15) is 9.59 Å². The molecule has 2 amide bonds. The van der Waals surface area contributed by atoms with Crippen molar-refractivity contribution >= 4 is 27.7 Å². The predicted octanol–water partition coefficient (Wildman–Crippen LogP) is 3.91. The van der Waals surface area contributed by atoms with Gasteiger partial charge in [-0.1, -0.05) is 65.3 Å². The topological polar surface area (TPSA) is 37.4 Å². The first-order valence-corrected chi connectivity index (χ1v) is 9.04. The molecule has 2 aromatic rings. The Morgan fingerprint density at radius 1 is 1.00 bits per heavy atom. The van der Waals surface area contributed by atoms with Crippen molar-refractivity contribution in [2.24, 2.45) is 11.8 Å². The summed E-state index contributed by atoms with van der Waals surface area (Å²) in [6, 6.07) is 17.7. The van der Waals surface area contributed by atoms with Crippen LogP contribution in [-0.4, -0.2) is 16.7 Å². The number of imide groups is 1. The molecule has 1 saturated carbocycles. The summed E-state index contributed by atoms with van der Waals surface area (Å²) in [4.78, 5) is 27.2. The smallest absolute Gasteiger partial charge is 0.234 e. The quantitative estimate of drug-likeness (QED) is 0.750. The highest BCUT2D eigenvalue weighted by Crippen LogP contribution is 2.66. The maximum absolute atomic E-state index is 12.9. The molecule has 122 valence electrons. The second-order valence-corrected chi connectivity index (χ2v) is 7.52. The Kier molecular flexibility index (Phi) is 3.61. The summed E-state index contributed by atoms with van der Waals surface area (Å²) in [5.41, 5.74) is 1.77. The van der Waals surface area contributed by atoms with E-state index in [4.69, 9.17) is 0 Å². The molecule has 2 atom stereocenters. The Labute approximate surface area is 149 Å². The number of carbonyl (C=O) groups excluding carboxylic acids is 2. The van der Waals surface area contributed by atoms with Gasteiger partial charge in [0, 0.05) is 9.89 Å². The molecule has 1 aliphatic heterocycles. The van der Waals surface area contributed by atoms with Crippen LogP contribution in [0.2, 0.25) is 0 Å². The Bertz CT molecular complexity index is 795. The van der Waals surface area contributed by atoms with E-state index in [1.807, 2.05) is 54.6 Å². The highest BCUT2D eigenvalue weighted by Gasteiger charge is 2.76. The van der Waals surface area contributed by atoms with Crippen LogP contribution in [-0.2, 0) is 21.5 Å². The number of hydrogen-bond acceptors (Lipinski definition) is 2. The number of halogens is 1. The average Bonchev–Trinajstić information content (AvgIpc) is 3.23. The highest BCUT2D eigenvalue weighted by molar-refractivity contribution is 9.10. The van der Waals surface area contributed by atoms with Crippen LogP contribution in [0, 0.1) is 11.8 Å². The van der Waals surface area contributed by atoms with Crippen LogP contribution in [0.15, 0.2) is 59.1 Å². The van der Waals surface area contributed by atoms with Gasteiger partial charge >= 0.3 is 0 Å². The van der Waals surface area contributed by atoms with E-state index in [-0.39, 0.29) is 29.1 Å². The zero-order valence-electron chi connectivity index (χ0n) is 13.4. The van der Waals surface area contributed by atoms with Crippen molar-refractivity contribution in [1.82, 2.24) is 4.90 Å². The number of amides is 2. The Morgan fingerprint density at radius 2 is 1.67 bits per heavy atom. The second-order valence-electron chi connectivity index (χ2n) is 6.61. The van der Waals surface area contributed by atoms with E-state index in [1.165, 1.54) is 4.90 Å². The van der Waals surface area contributed by atoms with Crippen LogP contribution in [0.1, 0.15) is 24.5 Å². The van der Waals surface area contributed by atoms with Gasteiger partial charge in [-0.3, -0.25) is 14.5 Å². The minimum Gasteiger partial charge on any atom is -0.278 e. The molecule has 2 aromatic carbocycles. The number of benzene rings is 2. The zero-order chi connectivity index (χ0) is 16.9. The van der Waals surface area contributed by atoms with E-state index in [0.717, 1.165) is 22.0 Å². The first-order valence-electron chi connectivity index (χ1n) is 8.24. The minimum absolute atomic E-state index is 0.0179. The molecular weight excluding hydrogens is 366 g/mol. The fourth-order valence-corrected chi connectivity index (χ4v) is 4.71. The third-order valence-corrected chi connectivity index (χ3v) is 6.02. The van der Waals surface area contributed by atoms with E-state index < -0.39 is 0 Å². The normalized spacial score (nSPS) is 28.2. The first-order chi connectivity index (χ1) is 11.6. The Hall–Kier alpha value is -1.94. The molecule has 3 nitrogen and oxygen atoms in total. The number of carbonyl (C=O) groups is 2. The molecule has 1 heterocycles. The van der Waals surface area contributed by atoms with Gasteiger partial charge in [0.15, 0.2) is 0 Å². The molecule has 0 radical (unpaired) electrons. The summed E-state index contributed by atoms with van der Waals surface area (Å²) >= 11 is 3.50. The van der Waals surface area contributed by atoms with Gasteiger partial charge in [0.2, 0.25) is 11.8 Å². The summed E-state index contributed by atoms with van der Waals surface area (Å²) in [7, 11) is 0. The Morgan fingerprint density at radius 3 is 2.25 bits per heavy atom. The SMILES string of the molecule is CCC1(c2cccc(Br)c2)C2C(=O)N(Cc3ccccc3)C(=O)C21. The maximum atomic E-state index is 12.9. The van der Waals surface area contributed by atoms with Gasteiger partial charge in [0.25, 0.3) is 0 Å². The molecule has 4 heteroatoms. The van der Waals surface area contributed by atoms with Crippen molar-refractivity contribution in [2.45, 2.75) is 25.3 Å². The van der Waals surface area contributed by atoms with Gasteiger partial charge in [-0.25, -0.2) is 0 Å². The molecule has 0 N–H and O–H groups in total. The summed E-state index contributed by atoms with van der Waals surface area (Å²) < 4.78 is 0.985. The first kappa shape index (κ1) is 15.6. The predicted molar refractivity (Wildman–Crippen MR) is 95.1 cm³/mol. The van der Waals surface area contributed by atoms with Gasteiger partial charge in [-0.2, -0.15) is 0 Å². The molecule has 2 aliphatic rings. The number of nitrogens with zero attached hydrogens (tertiary/aromatic N) is 1. The van der Waals surface area contributed by atoms with Crippen molar-refractivity contribution in [2.75, 3.05) is 0 Å². The van der Waals surface area contributed by atoms with Crippen molar-refractivity contribution in [3.8, 4) is 0 Å². The van der Waals surface area contributed by atoms with Crippen LogP contribution in [0.5, 0.6) is 0 Å². The number of rotatable bonds is 4. The van der Waals surface area contributed by atoms with E-state index in [1.54, 1.807) is 0 Å². The number of fused-ring (bicyclic) bond motifs is 1. The summed E-state index contributed by atoms with van der Waals surface area (Å²) in [5, 5.41) is 0. The van der Waals surface area contributed by atoms with Gasteiger partial charge < -0.3 is 0 Å². The molecule has 4 rings (SSSR count). The lowest BCUT2D eigenvalue weighted by atomic mass is 9.87. The largest absolute Gasteiger partial charge is 0.278 e. The summed E-state index contributed by atoms with van der Waals surface area (Å²) in [6.45, 7) is 2.45. The average molecular weight is 384 g/mol. The Balaban J connectivity index is 1.63. The van der Waals surface area contributed by atoms with Crippen molar-refractivity contribution in [3.63, 3.8) is 0 Å². The molecule has 24 heavy (non-hydrogen) atoms. The summed E-state index contributed by atoms with van der Waals surface area (Å²) in [6.07, 6.45) is 0.801. The second kappa shape index (κ2) is 5.55. The number of likely N-dealkylation sites (tertiary alicyclic amines) is 1. The molecule has 0 bridgehead atoms. The summed E-state index contributed by atoms with van der Waals surface area (Å²) in [5.74, 6) is -0.438. The minimum atomic E-state index is -0.314. The lowest BCUT2D eigenvalue weighted by Gasteiger charge is -2.25. The third kappa shape index (κ3) is 2.09. The fourth-order valence-electron chi connectivity index (χ4n) is 4.31. The van der Waals surface area contributed by atoms with Crippen LogP contribution in [0.25, 0.3) is 0 Å². The molecule has 1 saturated heterocycles. The zero-order valence-corrected chi connectivity index (χ0v) is 15.0. The molecule has 0 aromatic heterocycles. The molecule has 0 spiro atoms. The van der Waals surface area contributed by atoms with Crippen LogP contribution < -0.4 is 0 Å². The standard InChI is InChI=1S/C20H18BrNO2/c1-2-20(14-9-6-10-15(21)11-14)16-17(20)19(24)22(18(16)23)12-13-7-4-3-5-8-13/h3-11,16-17H,2,12H2,1H3. The lowest BCUT2D eigenvalue weighted by Crippen LogP contribution is -2.38. The van der Waals surface area contributed by atoms with Crippen LogP contribution in [0.3, 0.4) is 0 Å². The van der Waals surface area contributed by atoms with Crippen molar-refractivity contribution in [1.29, 1.82) is 0 Å². The van der Waals surface area contributed by atoms with Gasteiger partial charge in [-0.15, -0.1) is 0 Å². The van der Waals surface area contributed by atoms with E-state index >= 15 is 0 Å². The maximum Gasteiger partial charge on any atom is 0.234 e. The third-order valence-electron chi connectivity index (χ3n) is 5.53. The highest BCUT2D eigenvalue weighted by atomic mass is 79.9. The van der Waals surface area contributed by atoms with Gasteiger partial charge in [0.1, 0.15) is 0 Å². The number of hydrogen-bond donors (Lipinski definition) is 0. The molecule has 2 fully saturated rings. The van der Waals surface area contributed by atoms with Gasteiger partial charge in [0.05, 0.1) is 18.4 Å². The lowest BCUT2D eigenvalue weighted by molar-refractivity contribution is -0.143. The molecular formula is C20H18BrNO2. The number of piperidine rings is 1. The molecule has 2 unspecified atom stereocenters. The van der Waals surface area contributed by atoms with Crippen LogP contribution in [0.4, 0.5) is 0 Å². The van der Waals surface area contributed by atoms with Crippen LogP contribution >= 0.6 is 15.9 Å². The van der Waals surface area contributed by atoms with Crippen molar-refractivity contribution < 1.29 is 9.59 Å². The van der Waals surface area contributed by atoms with E-state index in [2.05, 4.69) is 22.9 Å². The fraction of sp³-hybridized carbons (Fsp3) is 0.300. The molecule has 1 aliphatic carbocycles. The van der Waals surface area contributed by atoms with E-state index in [0.29, 0.717) is 6.54 Å². The van der Waals surface area contributed by atoms with Gasteiger partial charge in [-0.05, 0) is 29.7 Å². The monoisotopic (exact) mass is 383 g/mol. The van der Waals surface area contributed by atoms with Crippen molar-refractivity contribution in [3.05, 3.63) is 70.2 Å².